The molecule has 0 saturated carbocycles. The van der Waals surface area contributed by atoms with Gasteiger partial charge in [-0.2, -0.15) is 0 Å². The standard InChI is InChI=1S/C4H6N4O7/c9-4(10)2-6(5-11)1-3(7(12)13)8(14)15/h3H,1-2H2,(H,9,10). The fourth-order valence-corrected chi connectivity index (χ4v) is 0.682. The van der Waals surface area contributed by atoms with Crippen LogP contribution in [-0.2, 0) is 4.79 Å². The summed E-state index contributed by atoms with van der Waals surface area (Å²) in [5, 5.41) is 30.8. The molecular weight excluding hydrogens is 216 g/mol. The molecule has 0 unspecified atom stereocenters. The molecule has 1 N–H and O–H groups in total. The van der Waals surface area contributed by atoms with Crippen molar-refractivity contribution < 1.29 is 19.7 Å². The predicted molar refractivity (Wildman–Crippen MR) is 42.8 cm³/mol. The van der Waals surface area contributed by atoms with Crippen LogP contribution in [0.25, 0.3) is 0 Å². The Kier molecular flexibility index (Phi) is 4.57. The zero-order valence-corrected chi connectivity index (χ0v) is 7.18. The highest BCUT2D eigenvalue weighted by Gasteiger charge is 2.35. The van der Waals surface area contributed by atoms with Crippen molar-refractivity contribution >= 4 is 5.97 Å². The summed E-state index contributed by atoms with van der Waals surface area (Å²) in [5.41, 5.74) is 0. The van der Waals surface area contributed by atoms with Crippen molar-refractivity contribution in [2.45, 2.75) is 6.17 Å². The molecule has 0 aliphatic rings. The lowest BCUT2D eigenvalue weighted by molar-refractivity contribution is -0.741. The summed E-state index contributed by atoms with van der Waals surface area (Å²) in [5.74, 6) is -1.47. The molecule has 15 heavy (non-hydrogen) atoms. The van der Waals surface area contributed by atoms with E-state index >= 15 is 0 Å². The van der Waals surface area contributed by atoms with E-state index in [1.807, 2.05) is 0 Å². The fraction of sp³-hybridized carbons (Fsp3) is 0.750. The molecule has 0 fully saturated rings. The second kappa shape index (κ2) is 5.41. The number of aliphatic carboxylic acids is 1. The van der Waals surface area contributed by atoms with Gasteiger partial charge in [-0.3, -0.25) is 25.0 Å². The molecule has 11 heteroatoms. The zero-order chi connectivity index (χ0) is 12.0. The molecule has 0 aliphatic heterocycles. The van der Waals surface area contributed by atoms with Crippen molar-refractivity contribution in [1.82, 2.24) is 5.01 Å². The molecule has 0 aromatic rings. The van der Waals surface area contributed by atoms with Gasteiger partial charge in [0.1, 0.15) is 6.54 Å². The Balaban J connectivity index is 4.48. The largest absolute Gasteiger partial charge is 0.480 e. The van der Waals surface area contributed by atoms with Gasteiger partial charge in [-0.1, -0.05) is 0 Å². The van der Waals surface area contributed by atoms with Crippen LogP contribution < -0.4 is 0 Å². The number of carbonyl (C=O) groups is 1. The number of hydrogen-bond donors (Lipinski definition) is 1. The maximum absolute atomic E-state index is 10.1. The second-order valence-electron chi connectivity index (χ2n) is 2.37. The van der Waals surface area contributed by atoms with Gasteiger partial charge in [0.05, 0.1) is 15.1 Å². The van der Waals surface area contributed by atoms with Crippen LogP contribution in [0, 0.1) is 25.1 Å². The van der Waals surface area contributed by atoms with E-state index in [1.165, 1.54) is 0 Å². The van der Waals surface area contributed by atoms with Gasteiger partial charge in [0, 0.05) is 0 Å². The van der Waals surface area contributed by atoms with E-state index in [0.717, 1.165) is 0 Å². The Morgan fingerprint density at radius 2 is 1.87 bits per heavy atom. The molecule has 0 aromatic carbocycles. The fourth-order valence-electron chi connectivity index (χ4n) is 0.682. The lowest BCUT2D eigenvalue weighted by Crippen LogP contribution is -2.41. The van der Waals surface area contributed by atoms with Gasteiger partial charge in [0.15, 0.2) is 6.54 Å². The van der Waals surface area contributed by atoms with Gasteiger partial charge in [-0.05, 0) is 0 Å². The summed E-state index contributed by atoms with van der Waals surface area (Å²) in [6, 6.07) is 0. The molecule has 0 rings (SSSR count). The third kappa shape index (κ3) is 4.44. The maximum Gasteiger partial charge on any atom is 0.469 e. The molecule has 0 atom stereocenters. The number of hydrogen-bond acceptors (Lipinski definition) is 7. The maximum atomic E-state index is 10.1. The van der Waals surface area contributed by atoms with Gasteiger partial charge < -0.3 is 5.11 Å². The van der Waals surface area contributed by atoms with Crippen LogP contribution in [0.4, 0.5) is 0 Å². The first-order valence-electron chi connectivity index (χ1n) is 3.45. The number of nitroso groups, excluding NO2 is 1. The average molecular weight is 222 g/mol. The number of carboxylic acids is 1. The molecule has 0 aliphatic carbocycles. The van der Waals surface area contributed by atoms with E-state index in [4.69, 9.17) is 5.11 Å². The van der Waals surface area contributed by atoms with Crippen LogP contribution in [0.5, 0.6) is 0 Å². The third-order valence-electron chi connectivity index (χ3n) is 1.29. The highest BCUT2D eigenvalue weighted by atomic mass is 16.7. The molecule has 84 valence electrons. The van der Waals surface area contributed by atoms with E-state index in [-0.39, 0.29) is 5.01 Å². The minimum atomic E-state index is -2.28. The normalized spacial score (nSPS) is 9.67. The molecule has 0 aromatic heterocycles. The Morgan fingerprint density at radius 1 is 1.40 bits per heavy atom. The molecular formula is C4H6N4O7. The number of nitro groups is 2. The summed E-state index contributed by atoms with van der Waals surface area (Å²) in [6.07, 6.45) is -2.28. The summed E-state index contributed by atoms with van der Waals surface area (Å²) < 4.78 is 0. The predicted octanol–water partition coefficient (Wildman–Crippen LogP) is -1.07. The van der Waals surface area contributed by atoms with Crippen LogP contribution >= 0.6 is 0 Å². The van der Waals surface area contributed by atoms with E-state index in [9.17, 15) is 29.9 Å². The SMILES string of the molecule is O=NN(CC(=O)O)CC([N+](=O)[O-])[N+](=O)[O-]. The molecule has 0 amide bonds. The quantitative estimate of drug-likeness (QED) is 0.247. The van der Waals surface area contributed by atoms with Crippen molar-refractivity contribution in [3.05, 3.63) is 25.1 Å². The first kappa shape index (κ1) is 12.7. The summed E-state index contributed by atoms with van der Waals surface area (Å²) in [7, 11) is 0. The lowest BCUT2D eigenvalue weighted by atomic mass is 10.5. The van der Waals surface area contributed by atoms with E-state index in [0.29, 0.717) is 0 Å². The van der Waals surface area contributed by atoms with Crippen LogP contribution in [0.2, 0.25) is 0 Å². The summed E-state index contributed by atoms with van der Waals surface area (Å²) in [4.78, 5) is 37.9. The molecule has 0 heterocycles. The van der Waals surface area contributed by atoms with Gasteiger partial charge in [-0.15, -0.1) is 4.91 Å². The Hall–Kier alpha value is -2.33. The first-order chi connectivity index (χ1) is 6.88. The summed E-state index contributed by atoms with van der Waals surface area (Å²) in [6.45, 7) is -1.92. The number of nitrogens with zero attached hydrogens (tertiary/aromatic N) is 4. The van der Waals surface area contributed by atoms with Crippen molar-refractivity contribution in [2.75, 3.05) is 13.1 Å². The average Bonchev–Trinajstić information content (AvgIpc) is 2.10. The minimum absolute atomic E-state index is 0.193. The smallest absolute Gasteiger partial charge is 0.469 e. The first-order valence-corrected chi connectivity index (χ1v) is 3.45. The Labute approximate surface area is 81.5 Å². The monoisotopic (exact) mass is 222 g/mol. The van der Waals surface area contributed by atoms with Gasteiger partial charge in [0.25, 0.3) is 0 Å². The Morgan fingerprint density at radius 3 is 2.13 bits per heavy atom. The molecule has 0 spiro atoms. The van der Waals surface area contributed by atoms with Crippen molar-refractivity contribution in [2.24, 2.45) is 5.29 Å². The molecule has 11 nitrogen and oxygen atoms in total. The zero-order valence-electron chi connectivity index (χ0n) is 7.18. The topological polar surface area (TPSA) is 156 Å². The van der Waals surface area contributed by atoms with Crippen LogP contribution in [0.15, 0.2) is 5.29 Å². The van der Waals surface area contributed by atoms with Crippen molar-refractivity contribution in [1.29, 1.82) is 0 Å². The molecule has 0 saturated heterocycles. The highest BCUT2D eigenvalue weighted by molar-refractivity contribution is 5.68. The van der Waals surface area contributed by atoms with E-state index < -0.39 is 35.1 Å². The van der Waals surface area contributed by atoms with Crippen molar-refractivity contribution in [3.8, 4) is 0 Å². The molecule has 0 radical (unpaired) electrons. The van der Waals surface area contributed by atoms with E-state index in [2.05, 4.69) is 5.29 Å². The van der Waals surface area contributed by atoms with Gasteiger partial charge >= 0.3 is 12.1 Å². The minimum Gasteiger partial charge on any atom is -0.480 e. The third-order valence-corrected chi connectivity index (χ3v) is 1.29. The Bertz CT molecular complexity index is 277. The van der Waals surface area contributed by atoms with E-state index in [1.54, 1.807) is 0 Å². The second-order valence-corrected chi connectivity index (χ2v) is 2.37. The summed E-state index contributed by atoms with van der Waals surface area (Å²) >= 11 is 0. The van der Waals surface area contributed by atoms with Gasteiger partial charge in [0.2, 0.25) is 0 Å². The van der Waals surface area contributed by atoms with Crippen LogP contribution in [0.1, 0.15) is 0 Å². The van der Waals surface area contributed by atoms with Crippen LogP contribution in [0.3, 0.4) is 0 Å². The van der Waals surface area contributed by atoms with Gasteiger partial charge in [-0.25, -0.2) is 5.01 Å². The van der Waals surface area contributed by atoms with Crippen LogP contribution in [-0.4, -0.2) is 45.2 Å². The van der Waals surface area contributed by atoms with Crippen molar-refractivity contribution in [3.63, 3.8) is 0 Å². The lowest BCUT2D eigenvalue weighted by Gasteiger charge is -2.10. The number of rotatable bonds is 7. The molecule has 0 bridgehead atoms. The number of carboxylic acid groups (broad SMARTS) is 1. The highest BCUT2D eigenvalue weighted by Crippen LogP contribution is 1.98.